The maximum absolute atomic E-state index is 13.4. The van der Waals surface area contributed by atoms with Gasteiger partial charge in [0.05, 0.1) is 30.4 Å². The average Bonchev–Trinajstić information content (AvgIpc) is 3.10. The molecular formula is C28H33NO5. The number of aryl methyl sites for hydroxylation is 1. The zero-order chi connectivity index (χ0) is 24.2. The fourth-order valence-electron chi connectivity index (χ4n) is 5.16. The fraction of sp³-hybridized carbons (Fsp3) is 0.429. The minimum absolute atomic E-state index is 0.0215. The van der Waals surface area contributed by atoms with E-state index in [1.807, 2.05) is 45.0 Å². The Hall–Kier alpha value is -3.28. The Morgan fingerprint density at radius 3 is 2.38 bits per heavy atom. The predicted octanol–water partition coefficient (Wildman–Crippen LogP) is 5.55. The Bertz CT molecular complexity index is 1100. The second kappa shape index (κ2) is 10.3. The Kier molecular flexibility index (Phi) is 7.25. The lowest BCUT2D eigenvalue weighted by Crippen LogP contribution is -2.40. The van der Waals surface area contributed by atoms with Crippen LogP contribution in [0, 0.1) is 6.92 Å². The molecule has 2 aliphatic rings. The number of likely N-dealkylation sites (tertiary alicyclic amines) is 1. The highest BCUT2D eigenvalue weighted by Crippen LogP contribution is 2.45. The highest BCUT2D eigenvalue weighted by atomic mass is 16.5. The van der Waals surface area contributed by atoms with Crippen molar-refractivity contribution in [1.29, 1.82) is 0 Å². The van der Waals surface area contributed by atoms with Crippen molar-refractivity contribution >= 4 is 17.4 Å². The summed E-state index contributed by atoms with van der Waals surface area (Å²) in [6.07, 6.45) is 4.92. The van der Waals surface area contributed by atoms with Gasteiger partial charge in [0.1, 0.15) is 17.3 Å². The molecule has 180 valence electrons. The molecule has 34 heavy (non-hydrogen) atoms. The second-order valence-electron chi connectivity index (χ2n) is 8.88. The number of hydrogen-bond acceptors (Lipinski definition) is 5. The number of hydrogen-bond donors (Lipinski definition) is 1. The monoisotopic (exact) mass is 463 g/mol. The van der Waals surface area contributed by atoms with Gasteiger partial charge in [-0.2, -0.15) is 0 Å². The minimum atomic E-state index is -0.646. The number of rotatable bonds is 7. The highest BCUT2D eigenvalue weighted by Gasteiger charge is 2.49. The van der Waals surface area contributed by atoms with Gasteiger partial charge in [0.25, 0.3) is 11.7 Å². The van der Waals surface area contributed by atoms with Crippen LogP contribution in [-0.2, 0) is 9.59 Å². The topological polar surface area (TPSA) is 76.1 Å². The van der Waals surface area contributed by atoms with E-state index in [1.54, 1.807) is 23.1 Å². The summed E-state index contributed by atoms with van der Waals surface area (Å²) in [5.74, 6) is -0.367. The van der Waals surface area contributed by atoms with Gasteiger partial charge in [0.2, 0.25) is 0 Å². The van der Waals surface area contributed by atoms with Crippen molar-refractivity contribution in [2.24, 2.45) is 0 Å². The minimum Gasteiger partial charge on any atom is -0.507 e. The van der Waals surface area contributed by atoms with Gasteiger partial charge in [-0.05, 0) is 56.9 Å². The molecule has 1 amide bonds. The Morgan fingerprint density at radius 2 is 1.71 bits per heavy atom. The molecule has 1 aliphatic heterocycles. The Balaban J connectivity index is 1.89. The van der Waals surface area contributed by atoms with E-state index in [0.29, 0.717) is 30.3 Å². The molecule has 0 aromatic heterocycles. The molecule has 1 N–H and O–H groups in total. The van der Waals surface area contributed by atoms with Crippen LogP contribution in [0.5, 0.6) is 11.5 Å². The summed E-state index contributed by atoms with van der Waals surface area (Å²) in [5, 5.41) is 11.5. The second-order valence-corrected chi connectivity index (χ2v) is 8.88. The van der Waals surface area contributed by atoms with E-state index in [9.17, 15) is 14.7 Å². The third kappa shape index (κ3) is 4.41. The van der Waals surface area contributed by atoms with Gasteiger partial charge >= 0.3 is 0 Å². The van der Waals surface area contributed by atoms with Crippen molar-refractivity contribution in [3.63, 3.8) is 0 Å². The molecule has 6 heteroatoms. The van der Waals surface area contributed by atoms with E-state index < -0.39 is 17.7 Å². The standard InChI is InChI=1S/C28H33NO5/c1-4-33-20-15-16-22(23(17-20)34-5-2)26(30)24-25(21-14-10-9-11-18(21)3)29(28(32)27(24)31)19-12-7-6-8-13-19/h9-11,14-17,19,25,30H,4-8,12-13H2,1-3H3/b26-24+. The molecule has 0 spiro atoms. The van der Waals surface area contributed by atoms with Crippen LogP contribution in [0.4, 0.5) is 0 Å². The van der Waals surface area contributed by atoms with Gasteiger partial charge in [0.15, 0.2) is 0 Å². The first-order chi connectivity index (χ1) is 16.5. The van der Waals surface area contributed by atoms with Crippen LogP contribution in [0.15, 0.2) is 48.0 Å². The van der Waals surface area contributed by atoms with Crippen LogP contribution < -0.4 is 9.47 Å². The quantitative estimate of drug-likeness (QED) is 0.331. The lowest BCUT2D eigenvalue weighted by Gasteiger charge is -2.36. The third-order valence-corrected chi connectivity index (χ3v) is 6.75. The number of nitrogens with zero attached hydrogens (tertiary/aromatic N) is 1. The average molecular weight is 464 g/mol. The van der Waals surface area contributed by atoms with E-state index in [-0.39, 0.29) is 17.4 Å². The van der Waals surface area contributed by atoms with E-state index in [4.69, 9.17) is 9.47 Å². The number of amides is 1. The Morgan fingerprint density at radius 1 is 1.00 bits per heavy atom. The number of ketones is 1. The number of carbonyl (C=O) groups excluding carboxylic acids is 2. The van der Waals surface area contributed by atoms with E-state index >= 15 is 0 Å². The molecule has 6 nitrogen and oxygen atoms in total. The van der Waals surface area contributed by atoms with E-state index in [0.717, 1.165) is 43.2 Å². The number of ether oxygens (including phenoxy) is 2. The molecule has 2 aromatic carbocycles. The lowest BCUT2D eigenvalue weighted by molar-refractivity contribution is -0.141. The summed E-state index contributed by atoms with van der Waals surface area (Å²) in [7, 11) is 0. The first-order valence-electron chi connectivity index (χ1n) is 12.2. The van der Waals surface area contributed by atoms with Crippen LogP contribution in [0.2, 0.25) is 0 Å². The maximum atomic E-state index is 13.4. The van der Waals surface area contributed by atoms with Crippen LogP contribution in [0.25, 0.3) is 5.76 Å². The summed E-state index contributed by atoms with van der Waals surface area (Å²) in [6.45, 7) is 6.60. The molecule has 4 rings (SSSR count). The van der Waals surface area contributed by atoms with Gasteiger partial charge in [-0.25, -0.2) is 0 Å². The summed E-state index contributed by atoms with van der Waals surface area (Å²) < 4.78 is 11.4. The van der Waals surface area contributed by atoms with Crippen LogP contribution >= 0.6 is 0 Å². The van der Waals surface area contributed by atoms with Crippen LogP contribution in [-0.4, -0.2) is 41.0 Å². The predicted molar refractivity (Wildman–Crippen MR) is 131 cm³/mol. The molecule has 0 bridgehead atoms. The van der Waals surface area contributed by atoms with Crippen molar-refractivity contribution in [3.05, 3.63) is 64.7 Å². The van der Waals surface area contributed by atoms with Gasteiger partial charge in [-0.15, -0.1) is 0 Å². The van der Waals surface area contributed by atoms with Crippen molar-refractivity contribution in [3.8, 4) is 11.5 Å². The Labute approximate surface area is 201 Å². The van der Waals surface area contributed by atoms with Crippen LogP contribution in [0.3, 0.4) is 0 Å². The summed E-state index contributed by atoms with van der Waals surface area (Å²) >= 11 is 0. The normalized spacial score (nSPS) is 20.6. The molecule has 2 fully saturated rings. The SMILES string of the molecule is CCOc1ccc(/C(O)=C2\C(=O)C(=O)N(C3CCCCC3)C2c2ccccc2C)c(OCC)c1. The van der Waals surface area contributed by atoms with Crippen molar-refractivity contribution in [2.75, 3.05) is 13.2 Å². The molecule has 1 heterocycles. The summed E-state index contributed by atoms with van der Waals surface area (Å²) in [4.78, 5) is 28.5. The third-order valence-electron chi connectivity index (χ3n) is 6.75. The van der Waals surface area contributed by atoms with Crippen molar-refractivity contribution in [2.45, 2.75) is 65.0 Å². The number of benzene rings is 2. The molecule has 1 atom stereocenters. The van der Waals surface area contributed by atoms with E-state index in [2.05, 4.69) is 0 Å². The lowest BCUT2D eigenvalue weighted by atomic mass is 9.89. The first kappa shape index (κ1) is 23.9. The largest absolute Gasteiger partial charge is 0.507 e. The molecule has 1 aliphatic carbocycles. The molecule has 1 saturated carbocycles. The number of aliphatic hydroxyl groups excluding tert-OH is 1. The molecular weight excluding hydrogens is 430 g/mol. The summed E-state index contributed by atoms with van der Waals surface area (Å²) in [5.41, 5.74) is 2.33. The zero-order valence-electron chi connectivity index (χ0n) is 20.2. The maximum Gasteiger partial charge on any atom is 0.295 e. The van der Waals surface area contributed by atoms with E-state index in [1.165, 1.54) is 0 Å². The van der Waals surface area contributed by atoms with Crippen LogP contribution in [0.1, 0.15) is 68.7 Å². The summed E-state index contributed by atoms with van der Waals surface area (Å²) in [6, 6.07) is 12.2. The number of Topliss-reactive ketones (excluding diaryl/α,β-unsaturated/α-hetero) is 1. The first-order valence-corrected chi connectivity index (χ1v) is 12.2. The smallest absolute Gasteiger partial charge is 0.295 e. The van der Waals surface area contributed by atoms with Gasteiger partial charge in [0, 0.05) is 12.1 Å². The number of carbonyl (C=O) groups is 2. The molecule has 0 radical (unpaired) electrons. The fourth-order valence-corrected chi connectivity index (χ4v) is 5.16. The zero-order valence-corrected chi connectivity index (χ0v) is 20.2. The van der Waals surface area contributed by atoms with Gasteiger partial charge < -0.3 is 19.5 Å². The molecule has 1 saturated heterocycles. The van der Waals surface area contributed by atoms with Crippen molar-refractivity contribution in [1.82, 2.24) is 4.90 Å². The highest BCUT2D eigenvalue weighted by molar-refractivity contribution is 6.46. The molecule has 1 unspecified atom stereocenters. The number of aliphatic hydroxyl groups is 1. The van der Waals surface area contributed by atoms with Gasteiger partial charge in [-0.3, -0.25) is 9.59 Å². The van der Waals surface area contributed by atoms with Crippen molar-refractivity contribution < 1.29 is 24.2 Å². The molecule has 2 aromatic rings. The van der Waals surface area contributed by atoms with Gasteiger partial charge in [-0.1, -0.05) is 43.5 Å².